The van der Waals surface area contributed by atoms with Gasteiger partial charge in [0.2, 0.25) is 0 Å². The molecule has 1 aliphatic heterocycles. The number of nitrogens with zero attached hydrogens (tertiary/aromatic N) is 2. The van der Waals surface area contributed by atoms with Crippen molar-refractivity contribution in [2.24, 2.45) is 0 Å². The molecule has 2 heterocycles. The van der Waals surface area contributed by atoms with Crippen LogP contribution in [0.4, 0.5) is 0 Å². The van der Waals surface area contributed by atoms with Crippen LogP contribution in [0.2, 0.25) is 0 Å². The lowest BCUT2D eigenvalue weighted by Crippen LogP contribution is -2.37. The summed E-state index contributed by atoms with van der Waals surface area (Å²) in [7, 11) is 0. The Morgan fingerprint density at radius 1 is 1.40 bits per heavy atom. The summed E-state index contributed by atoms with van der Waals surface area (Å²) in [4.78, 5) is 14.7. The minimum atomic E-state index is -0.0875. The molecule has 0 bridgehead atoms. The van der Waals surface area contributed by atoms with Gasteiger partial charge in [0.05, 0.1) is 0 Å². The Balaban J connectivity index is 1.37. The van der Waals surface area contributed by atoms with E-state index in [9.17, 15) is 4.79 Å². The minimum Gasteiger partial charge on any atom is -0.360 e. The molecule has 5 heteroatoms. The molecular formula is C15H21N3O2. The summed E-state index contributed by atoms with van der Waals surface area (Å²) in [6.45, 7) is 3.23. The van der Waals surface area contributed by atoms with Gasteiger partial charge in [-0.1, -0.05) is 5.16 Å². The molecular weight excluding hydrogens is 254 g/mol. The summed E-state index contributed by atoms with van der Waals surface area (Å²) in [5.41, 5.74) is 0.435. The topological polar surface area (TPSA) is 58.4 Å². The Bertz CT molecular complexity index is 519. The number of hydrogen-bond acceptors (Lipinski definition) is 4. The molecule has 1 saturated heterocycles. The SMILES string of the molecule is CC1CC(NC(=O)c2cc(C3CC3)on2)CN1C1CC1. The second-order valence-corrected chi connectivity index (χ2v) is 6.57. The Morgan fingerprint density at radius 3 is 2.90 bits per heavy atom. The largest absolute Gasteiger partial charge is 0.360 e. The van der Waals surface area contributed by atoms with Crippen LogP contribution in [-0.4, -0.2) is 40.6 Å². The summed E-state index contributed by atoms with van der Waals surface area (Å²) in [6, 6.07) is 3.40. The van der Waals surface area contributed by atoms with Crippen LogP contribution in [0, 0.1) is 0 Å². The molecule has 0 spiro atoms. The summed E-state index contributed by atoms with van der Waals surface area (Å²) >= 11 is 0. The lowest BCUT2D eigenvalue weighted by Gasteiger charge is -2.19. The van der Waals surface area contributed by atoms with Crippen molar-refractivity contribution in [3.63, 3.8) is 0 Å². The van der Waals surface area contributed by atoms with Gasteiger partial charge in [0, 0.05) is 36.7 Å². The van der Waals surface area contributed by atoms with Crippen molar-refractivity contribution in [1.82, 2.24) is 15.4 Å². The molecule has 1 aromatic rings. The summed E-state index contributed by atoms with van der Waals surface area (Å²) in [5.74, 6) is 1.28. The molecule has 1 amide bonds. The second-order valence-electron chi connectivity index (χ2n) is 6.57. The van der Waals surface area contributed by atoms with Crippen LogP contribution in [0.15, 0.2) is 10.6 Å². The van der Waals surface area contributed by atoms with E-state index in [4.69, 9.17) is 4.52 Å². The van der Waals surface area contributed by atoms with Crippen LogP contribution in [0.25, 0.3) is 0 Å². The standard InChI is InChI=1S/C15H21N3O2/c1-9-6-11(8-18(9)12-4-5-12)16-15(19)13-7-14(20-17-13)10-2-3-10/h7,9-12H,2-6,8H2,1H3,(H,16,19). The van der Waals surface area contributed by atoms with E-state index in [0.717, 1.165) is 37.6 Å². The predicted molar refractivity (Wildman–Crippen MR) is 73.5 cm³/mol. The molecule has 3 aliphatic rings. The average Bonchev–Trinajstić information content (AvgIpc) is 3.35. The average molecular weight is 275 g/mol. The van der Waals surface area contributed by atoms with Gasteiger partial charge in [0.1, 0.15) is 5.76 Å². The smallest absolute Gasteiger partial charge is 0.273 e. The van der Waals surface area contributed by atoms with Crippen LogP contribution in [0.5, 0.6) is 0 Å². The van der Waals surface area contributed by atoms with Crippen molar-refractivity contribution < 1.29 is 9.32 Å². The number of aromatic nitrogens is 1. The number of carbonyl (C=O) groups is 1. The number of likely N-dealkylation sites (tertiary alicyclic amines) is 1. The van der Waals surface area contributed by atoms with Gasteiger partial charge < -0.3 is 9.84 Å². The first kappa shape index (κ1) is 12.4. The van der Waals surface area contributed by atoms with Crippen molar-refractivity contribution in [2.75, 3.05) is 6.54 Å². The first-order valence-corrected chi connectivity index (χ1v) is 7.74. The molecule has 5 nitrogen and oxygen atoms in total. The molecule has 1 aromatic heterocycles. The molecule has 2 saturated carbocycles. The van der Waals surface area contributed by atoms with Crippen LogP contribution >= 0.6 is 0 Å². The number of hydrogen-bond donors (Lipinski definition) is 1. The van der Waals surface area contributed by atoms with E-state index in [1.807, 2.05) is 6.07 Å². The Kier molecular flexibility index (Phi) is 2.84. The third kappa shape index (κ3) is 2.35. The predicted octanol–water partition coefficient (Wildman–Crippen LogP) is 1.91. The third-order valence-electron chi connectivity index (χ3n) is 4.71. The zero-order valence-electron chi connectivity index (χ0n) is 11.8. The van der Waals surface area contributed by atoms with Gasteiger partial charge in [-0.05, 0) is 39.0 Å². The zero-order chi connectivity index (χ0) is 13.7. The number of rotatable bonds is 4. The minimum absolute atomic E-state index is 0.0875. The first-order chi connectivity index (χ1) is 9.70. The van der Waals surface area contributed by atoms with E-state index in [0.29, 0.717) is 17.7 Å². The van der Waals surface area contributed by atoms with Crippen molar-refractivity contribution in [3.05, 3.63) is 17.5 Å². The monoisotopic (exact) mass is 275 g/mol. The van der Waals surface area contributed by atoms with Crippen LogP contribution in [-0.2, 0) is 0 Å². The van der Waals surface area contributed by atoms with Crippen molar-refractivity contribution in [1.29, 1.82) is 0 Å². The van der Waals surface area contributed by atoms with E-state index >= 15 is 0 Å². The molecule has 0 aromatic carbocycles. The van der Waals surface area contributed by atoms with Gasteiger partial charge in [-0.2, -0.15) is 0 Å². The zero-order valence-corrected chi connectivity index (χ0v) is 11.8. The van der Waals surface area contributed by atoms with Gasteiger partial charge in [-0.3, -0.25) is 9.69 Å². The van der Waals surface area contributed by atoms with E-state index < -0.39 is 0 Å². The highest BCUT2D eigenvalue weighted by molar-refractivity contribution is 5.92. The highest BCUT2D eigenvalue weighted by atomic mass is 16.5. The quantitative estimate of drug-likeness (QED) is 0.912. The molecule has 108 valence electrons. The molecule has 20 heavy (non-hydrogen) atoms. The fourth-order valence-electron chi connectivity index (χ4n) is 3.29. The van der Waals surface area contributed by atoms with Crippen LogP contribution in [0.3, 0.4) is 0 Å². The van der Waals surface area contributed by atoms with Crippen LogP contribution < -0.4 is 5.32 Å². The van der Waals surface area contributed by atoms with E-state index in [1.54, 1.807) is 0 Å². The first-order valence-electron chi connectivity index (χ1n) is 7.74. The molecule has 4 rings (SSSR count). The molecule has 2 atom stereocenters. The maximum atomic E-state index is 12.2. The van der Waals surface area contributed by atoms with E-state index in [1.165, 1.54) is 12.8 Å². The van der Waals surface area contributed by atoms with E-state index in [2.05, 4.69) is 22.3 Å². The van der Waals surface area contributed by atoms with Gasteiger partial charge >= 0.3 is 0 Å². The van der Waals surface area contributed by atoms with Crippen LogP contribution in [0.1, 0.15) is 61.2 Å². The number of nitrogens with one attached hydrogen (secondary N) is 1. The molecule has 2 aliphatic carbocycles. The van der Waals surface area contributed by atoms with Crippen molar-refractivity contribution in [3.8, 4) is 0 Å². The Morgan fingerprint density at radius 2 is 2.20 bits per heavy atom. The fraction of sp³-hybridized carbons (Fsp3) is 0.733. The van der Waals surface area contributed by atoms with Gasteiger partial charge in [0.15, 0.2) is 5.69 Å². The maximum Gasteiger partial charge on any atom is 0.273 e. The third-order valence-corrected chi connectivity index (χ3v) is 4.71. The van der Waals surface area contributed by atoms with Gasteiger partial charge in [-0.25, -0.2) is 0 Å². The number of amides is 1. The Hall–Kier alpha value is -1.36. The van der Waals surface area contributed by atoms with Crippen molar-refractivity contribution in [2.45, 2.75) is 63.1 Å². The molecule has 1 N–H and O–H groups in total. The Labute approximate surface area is 118 Å². The highest BCUT2D eigenvalue weighted by Gasteiger charge is 2.39. The van der Waals surface area contributed by atoms with Crippen molar-refractivity contribution >= 4 is 5.91 Å². The lowest BCUT2D eigenvalue weighted by molar-refractivity contribution is 0.0928. The van der Waals surface area contributed by atoms with Gasteiger partial charge in [-0.15, -0.1) is 0 Å². The molecule has 0 radical (unpaired) electrons. The fourth-order valence-corrected chi connectivity index (χ4v) is 3.29. The van der Waals surface area contributed by atoms with E-state index in [-0.39, 0.29) is 11.9 Å². The summed E-state index contributed by atoms with van der Waals surface area (Å²) in [6.07, 6.45) is 5.99. The lowest BCUT2D eigenvalue weighted by atomic mass is 10.2. The number of carbonyl (C=O) groups excluding carboxylic acids is 1. The molecule has 2 unspecified atom stereocenters. The maximum absolute atomic E-state index is 12.2. The molecule has 3 fully saturated rings. The summed E-state index contributed by atoms with van der Waals surface area (Å²) < 4.78 is 5.24. The van der Waals surface area contributed by atoms with Gasteiger partial charge in [0.25, 0.3) is 5.91 Å². The second kappa shape index (κ2) is 4.58. The summed E-state index contributed by atoms with van der Waals surface area (Å²) in [5, 5.41) is 7.01. The highest BCUT2D eigenvalue weighted by Crippen LogP contribution is 2.40. The normalized spacial score (nSPS) is 30.6.